The van der Waals surface area contributed by atoms with Gasteiger partial charge in [0, 0.05) is 61.4 Å². The molecule has 9 nitrogen and oxygen atoms in total. The first-order valence-electron chi connectivity index (χ1n) is 12.4. The lowest BCUT2D eigenvalue weighted by molar-refractivity contribution is -0.120. The molecule has 9 heteroatoms. The van der Waals surface area contributed by atoms with E-state index in [1.54, 1.807) is 12.1 Å². The highest BCUT2D eigenvalue weighted by atomic mass is 16.3. The molecule has 3 aliphatic rings. The lowest BCUT2D eigenvalue weighted by atomic mass is 9.86. The number of hydrogen-bond acceptors (Lipinski definition) is 9. The third-order valence-electron chi connectivity index (χ3n) is 7.66. The van der Waals surface area contributed by atoms with Gasteiger partial charge in [-0.3, -0.25) is 4.79 Å². The van der Waals surface area contributed by atoms with Crippen molar-refractivity contribution in [1.82, 2.24) is 20.2 Å². The largest absolute Gasteiger partial charge is 0.507 e. The molecule has 2 atom stereocenters. The van der Waals surface area contributed by atoms with Crippen LogP contribution < -0.4 is 15.5 Å². The van der Waals surface area contributed by atoms with Gasteiger partial charge in [-0.05, 0) is 49.9 Å². The Balaban J connectivity index is 1.24. The minimum Gasteiger partial charge on any atom is -0.507 e. The normalized spacial score (nSPS) is 22.6. The predicted molar refractivity (Wildman–Crippen MR) is 133 cm³/mol. The molecule has 0 unspecified atom stereocenters. The Kier molecular flexibility index (Phi) is 5.47. The average Bonchev–Trinajstić information content (AvgIpc) is 3.14. The van der Waals surface area contributed by atoms with Crippen molar-refractivity contribution in [3.05, 3.63) is 48.3 Å². The first-order chi connectivity index (χ1) is 17.1. The molecule has 35 heavy (non-hydrogen) atoms. The van der Waals surface area contributed by atoms with Gasteiger partial charge in [0.15, 0.2) is 5.82 Å². The maximum absolute atomic E-state index is 11.7. The Morgan fingerprint density at radius 2 is 1.71 bits per heavy atom. The molecule has 0 spiro atoms. The monoisotopic (exact) mass is 471 g/mol. The minimum atomic E-state index is 0.168. The van der Waals surface area contributed by atoms with E-state index in [2.05, 4.69) is 25.0 Å². The van der Waals surface area contributed by atoms with Crippen molar-refractivity contribution < 1.29 is 9.90 Å². The molecule has 2 aliphatic heterocycles. The number of ketones is 1. The van der Waals surface area contributed by atoms with Crippen LogP contribution in [0, 0.1) is 0 Å². The molecule has 4 heterocycles. The number of para-hydroxylation sites is 1. The van der Waals surface area contributed by atoms with Crippen LogP contribution in [0.1, 0.15) is 50.1 Å². The van der Waals surface area contributed by atoms with Gasteiger partial charge in [-0.15, -0.1) is 10.2 Å². The molecular weight excluding hydrogens is 442 g/mol. The first kappa shape index (κ1) is 21.8. The van der Waals surface area contributed by atoms with Crippen molar-refractivity contribution in [2.24, 2.45) is 0 Å². The van der Waals surface area contributed by atoms with Gasteiger partial charge in [0.05, 0.1) is 11.4 Å². The Morgan fingerprint density at radius 3 is 2.46 bits per heavy atom. The van der Waals surface area contributed by atoms with Crippen LogP contribution in [0.4, 0.5) is 17.5 Å². The van der Waals surface area contributed by atoms with Crippen LogP contribution in [0.15, 0.2) is 42.6 Å². The van der Waals surface area contributed by atoms with E-state index < -0.39 is 0 Å². The van der Waals surface area contributed by atoms with Gasteiger partial charge < -0.3 is 20.6 Å². The number of phenols is 1. The first-order valence-corrected chi connectivity index (χ1v) is 12.4. The predicted octanol–water partition coefficient (Wildman–Crippen LogP) is 3.31. The number of nitrogens with zero attached hydrogens (tertiary/aromatic N) is 6. The number of nitrogens with two attached hydrogens (primary N) is 1. The summed E-state index contributed by atoms with van der Waals surface area (Å²) in [6.45, 7) is 1.58. The second-order valence-corrected chi connectivity index (χ2v) is 9.81. The zero-order valence-corrected chi connectivity index (χ0v) is 19.5. The maximum Gasteiger partial charge on any atom is 0.226 e. The van der Waals surface area contributed by atoms with Crippen LogP contribution >= 0.6 is 0 Å². The summed E-state index contributed by atoms with van der Waals surface area (Å²) in [5.41, 5.74) is 9.40. The Morgan fingerprint density at radius 1 is 0.971 bits per heavy atom. The van der Waals surface area contributed by atoms with Crippen LogP contribution in [0.2, 0.25) is 0 Å². The number of nitrogen functional groups attached to an aromatic ring is 1. The average molecular weight is 472 g/mol. The van der Waals surface area contributed by atoms with E-state index in [0.717, 1.165) is 56.1 Å². The molecule has 3 fully saturated rings. The van der Waals surface area contributed by atoms with Gasteiger partial charge in [-0.2, -0.15) is 0 Å². The third kappa shape index (κ3) is 4.05. The number of aromatic hydroxyl groups is 1. The number of benzene rings is 1. The topological polar surface area (TPSA) is 121 Å². The number of piperazine rings is 1. The van der Waals surface area contributed by atoms with E-state index in [0.29, 0.717) is 41.6 Å². The molecule has 2 bridgehead atoms. The van der Waals surface area contributed by atoms with Crippen molar-refractivity contribution in [3.63, 3.8) is 0 Å². The number of fused-ring (bicyclic) bond motifs is 2. The highest BCUT2D eigenvalue weighted by Gasteiger charge is 2.42. The Bertz CT molecular complexity index is 1240. The molecule has 1 saturated carbocycles. The van der Waals surface area contributed by atoms with Gasteiger partial charge in [0.25, 0.3) is 0 Å². The SMILES string of the molecule is Nc1nnc(-c2ccccc2O)cc1N1C[C@H]2CC[C@@H](C1)N2c1nccc(C2CCC(=O)CC2)n1. The molecule has 1 aliphatic carbocycles. The smallest absolute Gasteiger partial charge is 0.226 e. The van der Waals surface area contributed by atoms with E-state index >= 15 is 0 Å². The molecule has 2 saturated heterocycles. The number of phenolic OH excluding ortho intramolecular Hbond substituents is 1. The number of anilines is 3. The van der Waals surface area contributed by atoms with Gasteiger partial charge in [-0.1, -0.05) is 12.1 Å². The number of carbonyl (C=O) groups excluding carboxylic acids is 1. The molecule has 1 aromatic carbocycles. The lowest BCUT2D eigenvalue weighted by Gasteiger charge is -2.42. The zero-order chi connectivity index (χ0) is 23.9. The van der Waals surface area contributed by atoms with E-state index in [1.165, 1.54) is 0 Å². The second kappa shape index (κ2) is 8.79. The molecule has 6 rings (SSSR count). The summed E-state index contributed by atoms with van der Waals surface area (Å²) < 4.78 is 0. The summed E-state index contributed by atoms with van der Waals surface area (Å²) in [5, 5.41) is 18.7. The van der Waals surface area contributed by atoms with Gasteiger partial charge >= 0.3 is 0 Å². The molecule has 0 radical (unpaired) electrons. The Hall–Kier alpha value is -3.75. The van der Waals surface area contributed by atoms with Gasteiger partial charge in [-0.25, -0.2) is 9.97 Å². The summed E-state index contributed by atoms with van der Waals surface area (Å²) in [6.07, 6.45) is 7.06. The fraction of sp³-hybridized carbons (Fsp3) is 0.423. The van der Waals surface area contributed by atoms with Crippen LogP contribution in [0.3, 0.4) is 0 Å². The van der Waals surface area contributed by atoms with E-state index in [1.807, 2.05) is 30.5 Å². The molecule has 3 aromatic rings. The van der Waals surface area contributed by atoms with Crippen molar-refractivity contribution in [2.45, 2.75) is 56.5 Å². The highest BCUT2D eigenvalue weighted by Crippen LogP contribution is 2.38. The van der Waals surface area contributed by atoms with Gasteiger partial charge in [0.2, 0.25) is 5.95 Å². The summed E-state index contributed by atoms with van der Waals surface area (Å²) in [5.74, 6) is 2.05. The Labute approximate surface area is 204 Å². The minimum absolute atomic E-state index is 0.168. The standard InChI is InChI=1S/C26H29N7O2/c27-25-23(13-22(30-31-25)20-3-1-2-4-24(20)35)32-14-17-7-8-18(15-32)33(17)26-28-12-11-21(29-26)16-5-9-19(34)10-6-16/h1-4,11-13,16-18,35H,5-10,14-15H2,(H2,27,31)/t17-,18+. The summed E-state index contributed by atoms with van der Waals surface area (Å²) in [7, 11) is 0. The van der Waals surface area contributed by atoms with E-state index in [-0.39, 0.29) is 17.8 Å². The van der Waals surface area contributed by atoms with Crippen LogP contribution in [-0.2, 0) is 4.79 Å². The number of aromatic nitrogens is 4. The van der Waals surface area contributed by atoms with Crippen molar-refractivity contribution in [3.8, 4) is 17.0 Å². The number of rotatable bonds is 4. The third-order valence-corrected chi connectivity index (χ3v) is 7.66. The number of carbonyl (C=O) groups is 1. The molecule has 2 aromatic heterocycles. The van der Waals surface area contributed by atoms with Gasteiger partial charge in [0.1, 0.15) is 11.5 Å². The summed E-state index contributed by atoms with van der Waals surface area (Å²) >= 11 is 0. The lowest BCUT2D eigenvalue weighted by Crippen LogP contribution is -2.54. The number of Topliss-reactive ketones (excluding diaryl/α,β-unsaturated/α-hetero) is 1. The second-order valence-electron chi connectivity index (χ2n) is 9.81. The van der Waals surface area contributed by atoms with Crippen LogP contribution in [0.5, 0.6) is 5.75 Å². The van der Waals surface area contributed by atoms with Crippen molar-refractivity contribution >= 4 is 23.2 Å². The number of hydrogen-bond donors (Lipinski definition) is 2. The highest BCUT2D eigenvalue weighted by molar-refractivity contribution is 5.79. The molecule has 180 valence electrons. The summed E-state index contributed by atoms with van der Waals surface area (Å²) in [6, 6.07) is 11.6. The fourth-order valence-electron chi connectivity index (χ4n) is 5.84. The molecular formula is C26H29N7O2. The van der Waals surface area contributed by atoms with E-state index in [4.69, 9.17) is 10.7 Å². The van der Waals surface area contributed by atoms with E-state index in [9.17, 15) is 9.90 Å². The zero-order valence-electron chi connectivity index (χ0n) is 19.5. The van der Waals surface area contributed by atoms with Crippen molar-refractivity contribution in [1.29, 1.82) is 0 Å². The molecule has 0 amide bonds. The quantitative estimate of drug-likeness (QED) is 0.590. The van der Waals surface area contributed by atoms with Crippen LogP contribution in [0.25, 0.3) is 11.3 Å². The molecule has 3 N–H and O–H groups in total. The summed E-state index contributed by atoms with van der Waals surface area (Å²) in [4.78, 5) is 25.9. The maximum atomic E-state index is 11.7. The van der Waals surface area contributed by atoms with Crippen molar-refractivity contribution in [2.75, 3.05) is 28.6 Å². The fourth-order valence-corrected chi connectivity index (χ4v) is 5.84. The van der Waals surface area contributed by atoms with Crippen LogP contribution in [-0.4, -0.2) is 56.2 Å².